The SMILES string of the molecule is C=C1c2[nH]ccc2[C@H]1C. The molecule has 2 rings (SSSR count). The molecule has 0 radical (unpaired) electrons. The van der Waals surface area contributed by atoms with Crippen molar-refractivity contribution < 1.29 is 0 Å². The lowest BCUT2D eigenvalue weighted by Gasteiger charge is -2.25. The summed E-state index contributed by atoms with van der Waals surface area (Å²) in [6.07, 6.45) is 1.97. The van der Waals surface area contributed by atoms with Crippen molar-refractivity contribution in [2.24, 2.45) is 0 Å². The highest BCUT2D eigenvalue weighted by Crippen LogP contribution is 2.42. The Morgan fingerprint density at radius 3 is 3.11 bits per heavy atom. The molecule has 1 aliphatic rings. The smallest absolute Gasteiger partial charge is 0.0451 e. The van der Waals surface area contributed by atoms with Crippen molar-refractivity contribution in [3.8, 4) is 0 Å². The molecule has 0 saturated carbocycles. The van der Waals surface area contributed by atoms with Gasteiger partial charge in [-0.15, -0.1) is 0 Å². The topological polar surface area (TPSA) is 15.8 Å². The van der Waals surface area contributed by atoms with E-state index in [4.69, 9.17) is 0 Å². The molecule has 0 saturated heterocycles. The number of H-pyrrole nitrogens is 1. The Bertz CT molecular complexity index is 257. The van der Waals surface area contributed by atoms with Crippen molar-refractivity contribution in [1.82, 2.24) is 4.98 Å². The molecule has 0 amide bonds. The van der Waals surface area contributed by atoms with Crippen LogP contribution in [0.5, 0.6) is 0 Å². The first-order valence-electron chi connectivity index (χ1n) is 3.17. The van der Waals surface area contributed by atoms with Crippen LogP contribution in [0.25, 0.3) is 5.57 Å². The molecule has 1 heterocycles. The highest BCUT2D eigenvalue weighted by atomic mass is 14.7. The van der Waals surface area contributed by atoms with Crippen LogP contribution in [0, 0.1) is 0 Å². The van der Waals surface area contributed by atoms with Crippen LogP contribution in [0.1, 0.15) is 24.1 Å². The van der Waals surface area contributed by atoms with Crippen molar-refractivity contribution in [1.29, 1.82) is 0 Å². The molecule has 46 valence electrons. The van der Waals surface area contributed by atoms with Crippen LogP contribution in [0.4, 0.5) is 0 Å². The summed E-state index contributed by atoms with van der Waals surface area (Å²) in [6, 6.07) is 2.12. The van der Waals surface area contributed by atoms with E-state index in [-0.39, 0.29) is 0 Å². The molecular formula is C8H9N. The first-order valence-corrected chi connectivity index (χ1v) is 3.17. The van der Waals surface area contributed by atoms with E-state index in [1.807, 2.05) is 6.20 Å². The molecule has 0 aromatic carbocycles. The molecule has 1 N–H and O–H groups in total. The molecule has 0 spiro atoms. The molecular weight excluding hydrogens is 110 g/mol. The van der Waals surface area contributed by atoms with Crippen molar-refractivity contribution in [2.45, 2.75) is 12.8 Å². The summed E-state index contributed by atoms with van der Waals surface area (Å²) >= 11 is 0. The Labute approximate surface area is 54.4 Å². The quantitative estimate of drug-likeness (QED) is 0.538. The number of aromatic amines is 1. The Morgan fingerprint density at radius 2 is 2.44 bits per heavy atom. The zero-order valence-electron chi connectivity index (χ0n) is 5.44. The maximum Gasteiger partial charge on any atom is 0.0451 e. The van der Waals surface area contributed by atoms with Gasteiger partial charge in [-0.25, -0.2) is 0 Å². The first kappa shape index (κ1) is 4.86. The highest BCUT2D eigenvalue weighted by molar-refractivity contribution is 5.79. The van der Waals surface area contributed by atoms with Gasteiger partial charge in [0.15, 0.2) is 0 Å². The van der Waals surface area contributed by atoms with Crippen LogP contribution in [-0.4, -0.2) is 4.98 Å². The molecule has 9 heavy (non-hydrogen) atoms. The average molecular weight is 119 g/mol. The lowest BCUT2D eigenvalue weighted by atomic mass is 9.80. The number of hydrogen-bond donors (Lipinski definition) is 1. The monoisotopic (exact) mass is 119 g/mol. The van der Waals surface area contributed by atoms with E-state index in [0.717, 1.165) is 0 Å². The van der Waals surface area contributed by atoms with Crippen LogP contribution >= 0.6 is 0 Å². The number of allylic oxidation sites excluding steroid dienone is 1. The van der Waals surface area contributed by atoms with Gasteiger partial charge >= 0.3 is 0 Å². The zero-order chi connectivity index (χ0) is 6.43. The summed E-state index contributed by atoms with van der Waals surface area (Å²) in [7, 11) is 0. The second kappa shape index (κ2) is 1.29. The summed E-state index contributed by atoms with van der Waals surface area (Å²) < 4.78 is 0. The third-order valence-electron chi connectivity index (χ3n) is 2.09. The number of aromatic nitrogens is 1. The average Bonchev–Trinajstić information content (AvgIpc) is 2.30. The summed E-state index contributed by atoms with van der Waals surface area (Å²) in [5, 5.41) is 0. The summed E-state index contributed by atoms with van der Waals surface area (Å²) in [5.41, 5.74) is 3.91. The molecule has 1 atom stereocenters. The predicted octanol–water partition coefficient (Wildman–Crippen LogP) is 2.14. The molecule has 1 aromatic heterocycles. The van der Waals surface area contributed by atoms with Crippen LogP contribution in [0.3, 0.4) is 0 Å². The largest absolute Gasteiger partial charge is 0.361 e. The van der Waals surface area contributed by atoms with E-state index in [0.29, 0.717) is 5.92 Å². The van der Waals surface area contributed by atoms with Gasteiger partial charge < -0.3 is 4.98 Å². The molecule has 0 aliphatic heterocycles. The summed E-state index contributed by atoms with van der Waals surface area (Å²) in [4.78, 5) is 3.14. The molecule has 0 bridgehead atoms. The Morgan fingerprint density at radius 1 is 1.67 bits per heavy atom. The van der Waals surface area contributed by atoms with Gasteiger partial charge in [-0.1, -0.05) is 13.5 Å². The number of rotatable bonds is 0. The number of hydrogen-bond acceptors (Lipinski definition) is 0. The molecule has 1 aromatic rings. The Kier molecular flexibility index (Phi) is 0.699. The lowest BCUT2D eigenvalue weighted by molar-refractivity contribution is 0.912. The zero-order valence-corrected chi connectivity index (χ0v) is 5.44. The van der Waals surface area contributed by atoms with Crippen LogP contribution < -0.4 is 0 Å². The van der Waals surface area contributed by atoms with Gasteiger partial charge in [-0.3, -0.25) is 0 Å². The van der Waals surface area contributed by atoms with Gasteiger partial charge in [0.2, 0.25) is 0 Å². The molecule has 0 unspecified atom stereocenters. The van der Waals surface area contributed by atoms with Crippen LogP contribution in [-0.2, 0) is 0 Å². The number of nitrogens with one attached hydrogen (secondary N) is 1. The maximum atomic E-state index is 3.92. The standard InChI is InChI=1S/C8H9N/c1-5-6(2)8-7(5)3-4-9-8/h3-5,9H,2H2,1H3/t5-/m0/s1. The fourth-order valence-corrected chi connectivity index (χ4v) is 1.35. The van der Waals surface area contributed by atoms with E-state index >= 15 is 0 Å². The van der Waals surface area contributed by atoms with Gasteiger partial charge in [-0.2, -0.15) is 0 Å². The minimum atomic E-state index is 0.589. The fraction of sp³-hybridized carbons (Fsp3) is 0.250. The highest BCUT2D eigenvalue weighted by Gasteiger charge is 2.26. The normalized spacial score (nSPS) is 23.2. The molecule has 1 heteroatoms. The minimum Gasteiger partial charge on any atom is -0.361 e. The summed E-state index contributed by atoms with van der Waals surface area (Å²) in [6.45, 7) is 6.10. The van der Waals surface area contributed by atoms with Crippen LogP contribution in [0.2, 0.25) is 0 Å². The maximum absolute atomic E-state index is 3.92. The van der Waals surface area contributed by atoms with Crippen LogP contribution in [0.15, 0.2) is 18.8 Å². The van der Waals surface area contributed by atoms with Gasteiger partial charge in [0.1, 0.15) is 0 Å². The van der Waals surface area contributed by atoms with E-state index in [1.165, 1.54) is 16.8 Å². The first-order chi connectivity index (χ1) is 4.30. The molecule has 0 fully saturated rings. The second-order valence-corrected chi connectivity index (χ2v) is 2.55. The van der Waals surface area contributed by atoms with Crippen molar-refractivity contribution >= 4 is 5.57 Å². The summed E-state index contributed by atoms with van der Waals surface area (Å²) in [5.74, 6) is 0.589. The van der Waals surface area contributed by atoms with Gasteiger partial charge in [0.25, 0.3) is 0 Å². The van der Waals surface area contributed by atoms with Gasteiger partial charge in [0, 0.05) is 17.8 Å². The van der Waals surface area contributed by atoms with E-state index in [9.17, 15) is 0 Å². The van der Waals surface area contributed by atoms with E-state index in [2.05, 4.69) is 24.6 Å². The second-order valence-electron chi connectivity index (χ2n) is 2.55. The molecule has 1 nitrogen and oxygen atoms in total. The minimum absolute atomic E-state index is 0.589. The molecule has 1 aliphatic carbocycles. The predicted molar refractivity (Wildman–Crippen MR) is 38.2 cm³/mol. The van der Waals surface area contributed by atoms with Gasteiger partial charge in [-0.05, 0) is 17.2 Å². The van der Waals surface area contributed by atoms with Crippen molar-refractivity contribution in [3.63, 3.8) is 0 Å². The third kappa shape index (κ3) is 0.400. The fourth-order valence-electron chi connectivity index (χ4n) is 1.35. The van der Waals surface area contributed by atoms with E-state index < -0.39 is 0 Å². The van der Waals surface area contributed by atoms with Crippen molar-refractivity contribution in [3.05, 3.63) is 30.1 Å². The third-order valence-corrected chi connectivity index (χ3v) is 2.09. The Hall–Kier alpha value is -0.980. The Balaban J connectivity index is 2.62. The van der Waals surface area contributed by atoms with E-state index in [1.54, 1.807) is 0 Å². The lowest BCUT2D eigenvalue weighted by Crippen LogP contribution is -2.09. The van der Waals surface area contributed by atoms with Gasteiger partial charge in [0.05, 0.1) is 0 Å². The van der Waals surface area contributed by atoms with Crippen molar-refractivity contribution in [2.75, 3.05) is 0 Å². The number of fused-ring (bicyclic) bond motifs is 1.